The van der Waals surface area contributed by atoms with Crippen LogP contribution < -0.4 is 0 Å². The summed E-state index contributed by atoms with van der Waals surface area (Å²) >= 11 is 0. The Balaban J connectivity index is 2.37. The molecule has 0 saturated carbocycles. The smallest absolute Gasteiger partial charge is 0.00407 e. The summed E-state index contributed by atoms with van der Waals surface area (Å²) in [5.41, 5.74) is 8.56. The third kappa shape index (κ3) is 2.61. The van der Waals surface area contributed by atoms with Crippen molar-refractivity contribution in [1.82, 2.24) is 0 Å². The third-order valence-corrected chi connectivity index (χ3v) is 10.2. The summed E-state index contributed by atoms with van der Waals surface area (Å²) in [6.45, 7) is 19.5. The Morgan fingerprint density at radius 1 is 0.429 bits per heavy atom. The molecule has 28 heavy (non-hydrogen) atoms. The van der Waals surface area contributed by atoms with E-state index >= 15 is 0 Å². The molecule has 1 aromatic rings. The van der Waals surface area contributed by atoms with Crippen LogP contribution in [0.4, 0.5) is 0 Å². The molecular weight excluding hydrogens is 336 g/mol. The van der Waals surface area contributed by atoms with Gasteiger partial charge in [0.05, 0.1) is 0 Å². The maximum atomic E-state index is 2.77. The van der Waals surface area contributed by atoms with E-state index in [0.717, 1.165) is 0 Å². The van der Waals surface area contributed by atoms with Gasteiger partial charge in [-0.2, -0.15) is 0 Å². The molecule has 0 unspecified atom stereocenters. The molecule has 0 atom stereocenters. The van der Waals surface area contributed by atoms with Crippen LogP contribution in [0.3, 0.4) is 0 Å². The Kier molecular flexibility index (Phi) is 5.85. The van der Waals surface area contributed by atoms with Gasteiger partial charge in [-0.3, -0.25) is 0 Å². The van der Waals surface area contributed by atoms with Crippen LogP contribution in [0.2, 0.25) is 0 Å². The Morgan fingerprint density at radius 2 is 0.607 bits per heavy atom. The molecule has 0 heterocycles. The second-order valence-corrected chi connectivity index (χ2v) is 10.2. The molecule has 0 aliphatic heterocycles. The first kappa shape index (κ1) is 21.9. The number of benzene rings is 1. The lowest BCUT2D eigenvalue weighted by Gasteiger charge is -2.34. The Morgan fingerprint density at radius 3 is 0.750 bits per heavy atom. The van der Waals surface area contributed by atoms with Gasteiger partial charge in [0.2, 0.25) is 0 Å². The average molecular weight is 383 g/mol. The SMILES string of the molecule is CCC1(CC)CC(CC)(CC)c2cc3c(cc21)C(CC)(CC)CC3(CC)CC. The van der Waals surface area contributed by atoms with Gasteiger partial charge in [0.25, 0.3) is 0 Å². The van der Waals surface area contributed by atoms with E-state index in [9.17, 15) is 0 Å². The van der Waals surface area contributed by atoms with Crippen molar-refractivity contribution in [3.05, 3.63) is 34.4 Å². The van der Waals surface area contributed by atoms with Crippen molar-refractivity contribution in [3.63, 3.8) is 0 Å². The van der Waals surface area contributed by atoms with E-state index in [1.807, 2.05) is 0 Å². The second kappa shape index (κ2) is 7.48. The van der Waals surface area contributed by atoms with Crippen LogP contribution in [0.1, 0.15) is 142 Å². The topological polar surface area (TPSA) is 0 Å². The first-order valence-electron chi connectivity index (χ1n) is 12.6. The largest absolute Gasteiger partial charge is 0.0645 e. The molecule has 0 fully saturated rings. The number of hydrogen-bond donors (Lipinski definition) is 0. The molecule has 1 aromatic carbocycles. The van der Waals surface area contributed by atoms with Crippen LogP contribution in [-0.4, -0.2) is 0 Å². The van der Waals surface area contributed by atoms with Gasteiger partial charge in [0, 0.05) is 0 Å². The summed E-state index contributed by atoms with van der Waals surface area (Å²) in [5, 5.41) is 0. The highest BCUT2D eigenvalue weighted by Crippen LogP contribution is 2.62. The molecule has 2 aliphatic carbocycles. The van der Waals surface area contributed by atoms with E-state index in [1.54, 1.807) is 22.3 Å². The van der Waals surface area contributed by atoms with Crippen molar-refractivity contribution in [1.29, 1.82) is 0 Å². The van der Waals surface area contributed by atoms with Gasteiger partial charge >= 0.3 is 0 Å². The molecular formula is C28H46. The molecule has 0 spiro atoms. The summed E-state index contributed by atoms with van der Waals surface area (Å²) < 4.78 is 0. The van der Waals surface area contributed by atoms with E-state index in [-0.39, 0.29) is 0 Å². The maximum absolute atomic E-state index is 2.77. The predicted molar refractivity (Wildman–Crippen MR) is 125 cm³/mol. The lowest BCUT2D eigenvalue weighted by molar-refractivity contribution is 0.278. The van der Waals surface area contributed by atoms with Crippen LogP contribution in [-0.2, 0) is 21.7 Å². The van der Waals surface area contributed by atoms with Crippen molar-refractivity contribution < 1.29 is 0 Å². The zero-order valence-electron chi connectivity index (χ0n) is 20.2. The first-order chi connectivity index (χ1) is 13.4. The Bertz CT molecular complexity index is 575. The van der Waals surface area contributed by atoms with Gasteiger partial charge < -0.3 is 0 Å². The highest BCUT2D eigenvalue weighted by Gasteiger charge is 2.54. The van der Waals surface area contributed by atoms with Gasteiger partial charge in [-0.05, 0) is 108 Å². The van der Waals surface area contributed by atoms with Crippen LogP contribution in [0.15, 0.2) is 12.1 Å². The number of fused-ring (bicyclic) bond motifs is 2. The minimum atomic E-state index is 0.396. The molecule has 3 rings (SSSR count). The van der Waals surface area contributed by atoms with Gasteiger partial charge in [0.1, 0.15) is 0 Å². The van der Waals surface area contributed by atoms with Gasteiger partial charge in [-0.25, -0.2) is 0 Å². The molecule has 0 bridgehead atoms. The summed E-state index contributed by atoms with van der Waals surface area (Å²) in [6.07, 6.45) is 13.0. The lowest BCUT2D eigenvalue weighted by atomic mass is 9.70. The Labute approximate surface area is 175 Å². The van der Waals surface area contributed by atoms with Crippen LogP contribution in [0, 0.1) is 0 Å². The zero-order valence-corrected chi connectivity index (χ0v) is 20.2. The monoisotopic (exact) mass is 382 g/mol. The lowest BCUT2D eigenvalue weighted by Crippen LogP contribution is -2.28. The van der Waals surface area contributed by atoms with E-state index in [0.29, 0.717) is 21.7 Å². The van der Waals surface area contributed by atoms with Crippen molar-refractivity contribution in [3.8, 4) is 0 Å². The summed E-state index contributed by atoms with van der Waals surface area (Å²) in [4.78, 5) is 0. The first-order valence-corrected chi connectivity index (χ1v) is 12.6. The fourth-order valence-electron chi connectivity index (χ4n) is 7.55. The predicted octanol–water partition coefficient (Wildman–Crippen LogP) is 8.73. The average Bonchev–Trinajstić information content (AvgIpc) is 3.21. The molecule has 0 aromatic heterocycles. The van der Waals surface area contributed by atoms with Crippen molar-refractivity contribution >= 4 is 0 Å². The third-order valence-electron chi connectivity index (χ3n) is 10.2. The molecule has 0 amide bonds. The molecule has 0 saturated heterocycles. The van der Waals surface area contributed by atoms with Crippen molar-refractivity contribution in [2.24, 2.45) is 0 Å². The maximum Gasteiger partial charge on any atom is -0.00407 e. The minimum absolute atomic E-state index is 0.396. The highest BCUT2D eigenvalue weighted by atomic mass is 14.6. The van der Waals surface area contributed by atoms with Crippen LogP contribution in [0.25, 0.3) is 0 Å². The van der Waals surface area contributed by atoms with Gasteiger partial charge in [-0.1, -0.05) is 67.5 Å². The van der Waals surface area contributed by atoms with Gasteiger partial charge in [-0.15, -0.1) is 0 Å². The quantitative estimate of drug-likeness (QED) is 0.421. The fourth-order valence-corrected chi connectivity index (χ4v) is 7.55. The highest BCUT2D eigenvalue weighted by molar-refractivity contribution is 5.57. The normalized spacial score (nSPS) is 22.9. The zero-order chi connectivity index (χ0) is 20.8. The van der Waals surface area contributed by atoms with E-state index in [4.69, 9.17) is 0 Å². The fraction of sp³-hybridized carbons (Fsp3) is 0.786. The Hall–Kier alpha value is -0.780. The van der Waals surface area contributed by atoms with Crippen molar-refractivity contribution in [2.45, 2.75) is 141 Å². The molecule has 0 heteroatoms. The van der Waals surface area contributed by atoms with Crippen LogP contribution >= 0.6 is 0 Å². The van der Waals surface area contributed by atoms with Crippen LogP contribution in [0.5, 0.6) is 0 Å². The van der Waals surface area contributed by atoms with Crippen molar-refractivity contribution in [2.75, 3.05) is 0 Å². The standard InChI is InChI=1S/C28H46/c1-9-25(10-2)19-26(11-3,12-4)22-18-24-23(17-21(22)25)27(13-5,14-6)20-28(24,15-7)16-8/h17-18H,9-16,19-20H2,1-8H3. The number of rotatable bonds is 8. The molecule has 158 valence electrons. The molecule has 0 radical (unpaired) electrons. The molecule has 0 nitrogen and oxygen atoms in total. The number of hydrogen-bond acceptors (Lipinski definition) is 0. The van der Waals surface area contributed by atoms with E-state index in [1.165, 1.54) is 64.2 Å². The minimum Gasteiger partial charge on any atom is -0.0645 e. The summed E-state index contributed by atoms with van der Waals surface area (Å²) in [5.74, 6) is 0. The summed E-state index contributed by atoms with van der Waals surface area (Å²) in [6, 6.07) is 5.54. The molecule has 0 N–H and O–H groups in total. The summed E-state index contributed by atoms with van der Waals surface area (Å²) in [7, 11) is 0. The molecule has 2 aliphatic rings. The van der Waals surface area contributed by atoms with Gasteiger partial charge in [0.15, 0.2) is 0 Å². The van der Waals surface area contributed by atoms with E-state index < -0.39 is 0 Å². The van der Waals surface area contributed by atoms with E-state index in [2.05, 4.69) is 67.5 Å². The second-order valence-electron chi connectivity index (χ2n) is 10.2.